The molecule has 1 unspecified atom stereocenters. The maximum atomic E-state index is 5.84. The van der Waals surface area contributed by atoms with Gasteiger partial charge in [0.15, 0.2) is 0 Å². The lowest BCUT2D eigenvalue weighted by Gasteiger charge is -2.25. The Hall–Kier alpha value is -0.830. The summed E-state index contributed by atoms with van der Waals surface area (Å²) in [5.74, 6) is 1.01. The lowest BCUT2D eigenvalue weighted by molar-refractivity contribution is 0.638. The summed E-state index contributed by atoms with van der Waals surface area (Å²) in [6, 6.07) is 0.620. The Kier molecular flexibility index (Phi) is 3.10. The van der Waals surface area contributed by atoms with E-state index in [1.54, 1.807) is 6.20 Å². The monoisotopic (exact) mass is 225 g/mol. The van der Waals surface area contributed by atoms with Gasteiger partial charge in [0, 0.05) is 24.3 Å². The number of anilines is 1. The first-order valence-corrected chi connectivity index (χ1v) is 5.86. The molecule has 15 heavy (non-hydrogen) atoms. The minimum Gasteiger partial charge on any atom is -0.353 e. The molecule has 0 bridgehead atoms. The third-order valence-electron chi connectivity index (χ3n) is 3.04. The SMILES string of the molecule is CCC1CCCN1c1nc(Cl)ncc1C. The van der Waals surface area contributed by atoms with Gasteiger partial charge in [0.2, 0.25) is 5.28 Å². The van der Waals surface area contributed by atoms with E-state index in [0.717, 1.165) is 17.9 Å². The third kappa shape index (κ3) is 2.07. The van der Waals surface area contributed by atoms with Gasteiger partial charge in [-0.3, -0.25) is 0 Å². The molecule has 2 heterocycles. The highest BCUT2D eigenvalue weighted by Gasteiger charge is 2.25. The largest absolute Gasteiger partial charge is 0.353 e. The van der Waals surface area contributed by atoms with Crippen molar-refractivity contribution < 1.29 is 0 Å². The molecule has 82 valence electrons. The van der Waals surface area contributed by atoms with Gasteiger partial charge in [-0.15, -0.1) is 0 Å². The summed E-state index contributed by atoms with van der Waals surface area (Å²) in [6.07, 6.45) is 5.48. The van der Waals surface area contributed by atoms with E-state index < -0.39 is 0 Å². The van der Waals surface area contributed by atoms with Crippen LogP contribution in [0.1, 0.15) is 31.7 Å². The van der Waals surface area contributed by atoms with Crippen molar-refractivity contribution in [3.63, 3.8) is 0 Å². The number of hydrogen-bond donors (Lipinski definition) is 0. The third-order valence-corrected chi connectivity index (χ3v) is 3.22. The highest BCUT2D eigenvalue weighted by Crippen LogP contribution is 2.28. The van der Waals surface area contributed by atoms with Gasteiger partial charge in [-0.2, -0.15) is 0 Å². The van der Waals surface area contributed by atoms with Crippen molar-refractivity contribution in [3.8, 4) is 0 Å². The van der Waals surface area contributed by atoms with Gasteiger partial charge in [-0.1, -0.05) is 6.92 Å². The Morgan fingerprint density at radius 2 is 2.40 bits per heavy atom. The van der Waals surface area contributed by atoms with Crippen LogP contribution in [0, 0.1) is 6.92 Å². The van der Waals surface area contributed by atoms with Crippen molar-refractivity contribution in [2.75, 3.05) is 11.4 Å². The quantitative estimate of drug-likeness (QED) is 0.725. The first-order chi connectivity index (χ1) is 7.22. The van der Waals surface area contributed by atoms with E-state index in [1.807, 2.05) is 6.92 Å². The van der Waals surface area contributed by atoms with E-state index in [2.05, 4.69) is 21.8 Å². The van der Waals surface area contributed by atoms with Crippen LogP contribution >= 0.6 is 11.6 Å². The van der Waals surface area contributed by atoms with Gasteiger partial charge in [-0.05, 0) is 37.8 Å². The average Bonchev–Trinajstić information content (AvgIpc) is 2.69. The standard InChI is InChI=1S/C11H16ClN3/c1-3-9-5-4-6-15(9)10-8(2)7-13-11(12)14-10/h7,9H,3-6H2,1-2H3. The second-order valence-corrected chi connectivity index (χ2v) is 4.38. The van der Waals surface area contributed by atoms with Crippen molar-refractivity contribution in [3.05, 3.63) is 17.0 Å². The molecule has 0 radical (unpaired) electrons. The van der Waals surface area contributed by atoms with Crippen LogP contribution in [0.5, 0.6) is 0 Å². The molecule has 1 atom stereocenters. The van der Waals surface area contributed by atoms with Crippen molar-refractivity contribution in [1.82, 2.24) is 9.97 Å². The first-order valence-electron chi connectivity index (χ1n) is 5.48. The highest BCUT2D eigenvalue weighted by molar-refractivity contribution is 6.28. The number of rotatable bonds is 2. The Balaban J connectivity index is 2.31. The number of aryl methyl sites for hydroxylation is 1. The molecule has 1 aromatic heterocycles. The maximum absolute atomic E-state index is 5.84. The van der Waals surface area contributed by atoms with Crippen molar-refractivity contribution in [2.45, 2.75) is 39.2 Å². The lowest BCUT2D eigenvalue weighted by Crippen LogP contribution is -2.30. The second-order valence-electron chi connectivity index (χ2n) is 4.04. The molecular formula is C11H16ClN3. The van der Waals surface area contributed by atoms with E-state index in [1.165, 1.54) is 19.3 Å². The van der Waals surface area contributed by atoms with Gasteiger partial charge < -0.3 is 4.90 Å². The Morgan fingerprint density at radius 3 is 3.13 bits per heavy atom. The fourth-order valence-electron chi connectivity index (χ4n) is 2.24. The number of aromatic nitrogens is 2. The first kappa shape index (κ1) is 10.7. The molecule has 1 fully saturated rings. The predicted octanol–water partition coefficient (Wildman–Crippen LogP) is 2.82. The van der Waals surface area contributed by atoms with Crippen molar-refractivity contribution >= 4 is 17.4 Å². The number of hydrogen-bond acceptors (Lipinski definition) is 3. The van der Waals surface area contributed by atoms with Crippen LogP contribution < -0.4 is 4.90 Å². The van der Waals surface area contributed by atoms with Gasteiger partial charge in [0.1, 0.15) is 5.82 Å². The lowest BCUT2D eigenvalue weighted by atomic mass is 10.1. The molecule has 4 heteroatoms. The van der Waals surface area contributed by atoms with E-state index >= 15 is 0 Å². The van der Waals surface area contributed by atoms with Gasteiger partial charge in [-0.25, -0.2) is 9.97 Å². The molecule has 1 aliphatic rings. The molecule has 1 saturated heterocycles. The highest BCUT2D eigenvalue weighted by atomic mass is 35.5. The van der Waals surface area contributed by atoms with Crippen LogP contribution in [0.15, 0.2) is 6.20 Å². The van der Waals surface area contributed by atoms with Crippen molar-refractivity contribution in [2.24, 2.45) is 0 Å². The van der Waals surface area contributed by atoms with Crippen LogP contribution in [0.4, 0.5) is 5.82 Å². The number of nitrogens with zero attached hydrogens (tertiary/aromatic N) is 3. The van der Waals surface area contributed by atoms with E-state index in [9.17, 15) is 0 Å². The topological polar surface area (TPSA) is 29.0 Å². The van der Waals surface area contributed by atoms with Crippen LogP contribution in [-0.4, -0.2) is 22.6 Å². The number of halogens is 1. The molecule has 2 rings (SSSR count). The zero-order valence-corrected chi connectivity index (χ0v) is 9.96. The smallest absolute Gasteiger partial charge is 0.224 e. The molecule has 0 spiro atoms. The molecule has 0 aliphatic carbocycles. The molecular weight excluding hydrogens is 210 g/mol. The minimum atomic E-state index is 0.345. The fourth-order valence-corrected chi connectivity index (χ4v) is 2.37. The average molecular weight is 226 g/mol. The predicted molar refractivity (Wildman–Crippen MR) is 62.4 cm³/mol. The van der Waals surface area contributed by atoms with Gasteiger partial charge >= 0.3 is 0 Å². The summed E-state index contributed by atoms with van der Waals surface area (Å²) in [5.41, 5.74) is 1.11. The Labute approximate surface area is 95.5 Å². The summed E-state index contributed by atoms with van der Waals surface area (Å²) < 4.78 is 0. The molecule has 0 N–H and O–H groups in total. The van der Waals surface area contributed by atoms with Gasteiger partial charge in [0.25, 0.3) is 0 Å². The van der Waals surface area contributed by atoms with Crippen LogP contribution in [0.2, 0.25) is 5.28 Å². The zero-order chi connectivity index (χ0) is 10.8. The van der Waals surface area contributed by atoms with E-state index in [4.69, 9.17) is 11.6 Å². The summed E-state index contributed by atoms with van der Waals surface area (Å²) in [5, 5.41) is 0.345. The van der Waals surface area contributed by atoms with Crippen LogP contribution in [-0.2, 0) is 0 Å². The Morgan fingerprint density at radius 1 is 1.60 bits per heavy atom. The Bertz CT molecular complexity index is 354. The molecule has 1 aliphatic heterocycles. The molecule has 0 aromatic carbocycles. The fraction of sp³-hybridized carbons (Fsp3) is 0.636. The minimum absolute atomic E-state index is 0.345. The molecule has 1 aromatic rings. The summed E-state index contributed by atoms with van der Waals surface area (Å²) in [4.78, 5) is 10.7. The summed E-state index contributed by atoms with van der Waals surface area (Å²) >= 11 is 5.84. The van der Waals surface area contributed by atoms with Crippen LogP contribution in [0.3, 0.4) is 0 Å². The van der Waals surface area contributed by atoms with Gasteiger partial charge in [0.05, 0.1) is 0 Å². The van der Waals surface area contributed by atoms with Crippen molar-refractivity contribution in [1.29, 1.82) is 0 Å². The summed E-state index contributed by atoms with van der Waals surface area (Å²) in [7, 11) is 0. The van der Waals surface area contributed by atoms with E-state index in [0.29, 0.717) is 11.3 Å². The summed E-state index contributed by atoms with van der Waals surface area (Å²) in [6.45, 7) is 5.35. The second kappa shape index (κ2) is 4.35. The maximum Gasteiger partial charge on any atom is 0.224 e. The molecule has 0 amide bonds. The van der Waals surface area contributed by atoms with Crippen LogP contribution in [0.25, 0.3) is 0 Å². The normalized spacial score (nSPS) is 21.0. The van der Waals surface area contributed by atoms with E-state index in [-0.39, 0.29) is 0 Å². The molecule has 3 nitrogen and oxygen atoms in total. The zero-order valence-electron chi connectivity index (χ0n) is 9.20. The molecule has 0 saturated carbocycles.